The van der Waals surface area contributed by atoms with Gasteiger partial charge in [0.05, 0.1) is 17.1 Å². The number of ether oxygens (including phenoxy) is 1. The van der Waals surface area contributed by atoms with Gasteiger partial charge in [0.25, 0.3) is 0 Å². The molecule has 2 heterocycles. The molecule has 1 aromatic carbocycles. The predicted octanol–water partition coefficient (Wildman–Crippen LogP) is 1.52. The van der Waals surface area contributed by atoms with Crippen LogP contribution in [0.5, 0.6) is 0 Å². The van der Waals surface area contributed by atoms with Gasteiger partial charge in [0.15, 0.2) is 5.82 Å². The van der Waals surface area contributed by atoms with Crippen molar-refractivity contribution in [3.05, 3.63) is 41.5 Å². The fourth-order valence-corrected chi connectivity index (χ4v) is 2.24. The van der Waals surface area contributed by atoms with Gasteiger partial charge in [-0.1, -0.05) is 0 Å². The molecule has 0 aliphatic heterocycles. The Labute approximate surface area is 136 Å². The quantitative estimate of drug-likeness (QED) is 0.634. The molecule has 3 N–H and O–H groups in total. The number of aryl methyl sites for hydroxylation is 1. The summed E-state index contributed by atoms with van der Waals surface area (Å²) in [7, 11) is 0. The van der Waals surface area contributed by atoms with Gasteiger partial charge in [0.1, 0.15) is 30.7 Å². The maximum absolute atomic E-state index is 13.1. The molecule has 2 aromatic heterocycles. The molecule has 0 unspecified atom stereocenters. The minimum Gasteiger partial charge on any atom is -0.364 e. The molecule has 9 heteroatoms. The van der Waals surface area contributed by atoms with Crippen LogP contribution in [-0.2, 0) is 16.1 Å². The number of H-pyrrole nitrogens is 2. The van der Waals surface area contributed by atoms with Crippen LogP contribution in [0.3, 0.4) is 0 Å². The van der Waals surface area contributed by atoms with Gasteiger partial charge in [-0.15, -0.1) is 0 Å². The van der Waals surface area contributed by atoms with Gasteiger partial charge in [-0.3, -0.25) is 9.89 Å². The highest BCUT2D eigenvalue weighted by Crippen LogP contribution is 2.13. The zero-order valence-electron chi connectivity index (χ0n) is 13.3. The maximum Gasteiger partial charge on any atom is 0.246 e. The zero-order valence-corrected chi connectivity index (χ0v) is 13.3. The summed E-state index contributed by atoms with van der Waals surface area (Å²) in [6.07, 6.45) is 0. The van der Waals surface area contributed by atoms with Gasteiger partial charge < -0.3 is 15.0 Å². The van der Waals surface area contributed by atoms with E-state index in [0.29, 0.717) is 28.5 Å². The van der Waals surface area contributed by atoms with Crippen molar-refractivity contribution < 1.29 is 13.9 Å². The van der Waals surface area contributed by atoms with Crippen LogP contribution in [0.25, 0.3) is 11.0 Å². The second-order valence-corrected chi connectivity index (χ2v) is 5.41. The third kappa shape index (κ3) is 3.74. The maximum atomic E-state index is 13.1. The Balaban J connectivity index is 1.49. The predicted molar refractivity (Wildman–Crippen MR) is 83.4 cm³/mol. The number of halogens is 1. The first kappa shape index (κ1) is 16.1. The van der Waals surface area contributed by atoms with Gasteiger partial charge >= 0.3 is 0 Å². The molecule has 3 rings (SSSR count). The fourth-order valence-electron chi connectivity index (χ4n) is 2.24. The number of carbonyl (C=O) groups excluding carboxylic acids is 1. The van der Waals surface area contributed by atoms with Crippen LogP contribution in [0.1, 0.15) is 30.4 Å². The highest BCUT2D eigenvalue weighted by molar-refractivity contribution is 5.77. The number of carbonyl (C=O) groups is 1. The molecule has 0 bridgehead atoms. The van der Waals surface area contributed by atoms with Gasteiger partial charge in [-0.2, -0.15) is 5.10 Å². The van der Waals surface area contributed by atoms with Crippen molar-refractivity contribution in [1.29, 1.82) is 0 Å². The fraction of sp³-hybridized carbons (Fsp3) is 0.333. The topological polar surface area (TPSA) is 109 Å². The summed E-state index contributed by atoms with van der Waals surface area (Å²) in [5, 5.41) is 9.45. The first-order chi connectivity index (χ1) is 11.5. The molecule has 0 saturated carbocycles. The van der Waals surface area contributed by atoms with Crippen LogP contribution in [-0.4, -0.2) is 37.7 Å². The van der Waals surface area contributed by atoms with E-state index in [1.165, 1.54) is 12.1 Å². The van der Waals surface area contributed by atoms with Crippen molar-refractivity contribution >= 4 is 16.9 Å². The Hall–Kier alpha value is -2.81. The van der Waals surface area contributed by atoms with E-state index in [0.717, 1.165) is 0 Å². The molecule has 0 spiro atoms. The summed E-state index contributed by atoms with van der Waals surface area (Å²) in [4.78, 5) is 23.2. The lowest BCUT2D eigenvalue weighted by Gasteiger charge is -2.10. The Morgan fingerprint density at radius 3 is 3.00 bits per heavy atom. The van der Waals surface area contributed by atoms with Crippen molar-refractivity contribution in [2.24, 2.45) is 0 Å². The second-order valence-electron chi connectivity index (χ2n) is 5.41. The molecule has 8 nitrogen and oxygen atoms in total. The SMILES string of the molecule is Cc1nc([C@@H](C)NC(=O)COCc2nc3ccc(F)cc3[nH]2)n[nH]1. The van der Waals surface area contributed by atoms with Gasteiger partial charge in [-0.25, -0.2) is 14.4 Å². The Morgan fingerprint density at radius 1 is 1.42 bits per heavy atom. The number of aromatic nitrogens is 5. The molecular weight excluding hydrogens is 315 g/mol. The number of nitrogens with one attached hydrogen (secondary N) is 3. The first-order valence-electron chi connectivity index (χ1n) is 7.41. The molecule has 0 aliphatic rings. The van der Waals surface area contributed by atoms with E-state index < -0.39 is 0 Å². The van der Waals surface area contributed by atoms with Gasteiger partial charge in [0, 0.05) is 0 Å². The summed E-state index contributed by atoms with van der Waals surface area (Å²) in [5.74, 6) is 1.10. The van der Waals surface area contributed by atoms with E-state index in [9.17, 15) is 9.18 Å². The summed E-state index contributed by atoms with van der Waals surface area (Å²) < 4.78 is 18.5. The third-order valence-electron chi connectivity index (χ3n) is 3.34. The standard InChI is InChI=1S/C15H17FN6O2/c1-8(15-18-9(2)21-22-15)17-14(23)7-24-6-13-19-11-4-3-10(16)5-12(11)20-13/h3-5,8H,6-7H2,1-2H3,(H,17,23)(H,19,20)(H,18,21,22)/t8-/m1/s1. The molecule has 0 saturated heterocycles. The number of imidazole rings is 1. The third-order valence-corrected chi connectivity index (χ3v) is 3.34. The highest BCUT2D eigenvalue weighted by Gasteiger charge is 2.14. The van der Waals surface area contributed by atoms with Crippen LogP contribution in [0.15, 0.2) is 18.2 Å². The van der Waals surface area contributed by atoms with Crippen molar-refractivity contribution in [2.45, 2.75) is 26.5 Å². The molecule has 126 valence electrons. The smallest absolute Gasteiger partial charge is 0.246 e. The normalized spacial score (nSPS) is 12.5. The monoisotopic (exact) mass is 332 g/mol. The minimum atomic E-state index is -0.339. The number of aromatic amines is 2. The lowest BCUT2D eigenvalue weighted by Crippen LogP contribution is -2.30. The van der Waals surface area contributed by atoms with Crippen molar-refractivity contribution in [2.75, 3.05) is 6.61 Å². The molecule has 0 fully saturated rings. The molecule has 1 atom stereocenters. The van der Waals surface area contributed by atoms with Crippen LogP contribution >= 0.6 is 0 Å². The van der Waals surface area contributed by atoms with Gasteiger partial charge in [0.2, 0.25) is 5.91 Å². The Bertz CT molecular complexity index is 859. The van der Waals surface area contributed by atoms with E-state index in [2.05, 4.69) is 30.5 Å². The lowest BCUT2D eigenvalue weighted by atomic mass is 10.3. The number of benzene rings is 1. The van der Waals surface area contributed by atoms with Crippen LogP contribution < -0.4 is 5.32 Å². The minimum absolute atomic E-state index is 0.123. The molecule has 3 aromatic rings. The Kier molecular flexibility index (Phi) is 4.52. The Morgan fingerprint density at radius 2 is 2.25 bits per heavy atom. The molecule has 1 amide bonds. The van der Waals surface area contributed by atoms with Crippen molar-refractivity contribution in [1.82, 2.24) is 30.5 Å². The number of hydrogen-bond acceptors (Lipinski definition) is 5. The molecular formula is C15H17FN6O2. The lowest BCUT2D eigenvalue weighted by molar-refractivity contribution is -0.126. The number of fused-ring (bicyclic) bond motifs is 1. The van der Waals surface area contributed by atoms with Gasteiger partial charge in [-0.05, 0) is 32.0 Å². The zero-order chi connectivity index (χ0) is 17.1. The van der Waals surface area contributed by atoms with Crippen LogP contribution in [0.2, 0.25) is 0 Å². The first-order valence-corrected chi connectivity index (χ1v) is 7.41. The molecule has 0 radical (unpaired) electrons. The van der Waals surface area contributed by atoms with E-state index in [1.54, 1.807) is 19.9 Å². The van der Waals surface area contributed by atoms with Crippen LogP contribution in [0.4, 0.5) is 4.39 Å². The van der Waals surface area contributed by atoms with Crippen molar-refractivity contribution in [3.63, 3.8) is 0 Å². The van der Waals surface area contributed by atoms with E-state index in [1.807, 2.05) is 0 Å². The molecule has 24 heavy (non-hydrogen) atoms. The number of nitrogens with zero attached hydrogens (tertiary/aromatic N) is 3. The summed E-state index contributed by atoms with van der Waals surface area (Å²) in [5.41, 5.74) is 1.24. The largest absolute Gasteiger partial charge is 0.364 e. The second kappa shape index (κ2) is 6.75. The summed E-state index contributed by atoms with van der Waals surface area (Å²) >= 11 is 0. The average Bonchev–Trinajstić information content (AvgIpc) is 3.12. The number of rotatable bonds is 6. The summed E-state index contributed by atoms with van der Waals surface area (Å²) in [6.45, 7) is 3.57. The number of amides is 1. The van der Waals surface area contributed by atoms with Crippen molar-refractivity contribution in [3.8, 4) is 0 Å². The average molecular weight is 332 g/mol. The van der Waals surface area contributed by atoms with Crippen LogP contribution in [0, 0.1) is 12.7 Å². The van der Waals surface area contributed by atoms with E-state index in [-0.39, 0.29) is 31.0 Å². The highest BCUT2D eigenvalue weighted by atomic mass is 19.1. The molecule has 0 aliphatic carbocycles. The van der Waals surface area contributed by atoms with E-state index in [4.69, 9.17) is 4.74 Å². The van der Waals surface area contributed by atoms with E-state index >= 15 is 0 Å². The summed E-state index contributed by atoms with van der Waals surface area (Å²) in [6, 6.07) is 3.96. The number of hydrogen-bond donors (Lipinski definition) is 3.